The van der Waals surface area contributed by atoms with E-state index < -0.39 is 21.8 Å². The van der Waals surface area contributed by atoms with Crippen LogP contribution in [-0.4, -0.2) is 63.5 Å². The molecule has 0 aromatic heterocycles. The third-order valence-electron chi connectivity index (χ3n) is 7.09. The van der Waals surface area contributed by atoms with Gasteiger partial charge in [-0.1, -0.05) is 0 Å². The van der Waals surface area contributed by atoms with Crippen LogP contribution in [0.4, 0.5) is 0 Å². The molecule has 0 radical (unpaired) electrons. The largest absolute Gasteiger partial charge is 0.748 e. The second-order valence-corrected chi connectivity index (χ2v) is 11.0. The number of hydrogen-bond acceptors (Lipinski definition) is 7. The fourth-order valence-corrected chi connectivity index (χ4v) is 6.48. The van der Waals surface area contributed by atoms with E-state index in [1.54, 1.807) is 4.90 Å². The summed E-state index contributed by atoms with van der Waals surface area (Å²) in [6, 6.07) is 0. The predicted molar refractivity (Wildman–Crippen MR) is 114 cm³/mol. The van der Waals surface area contributed by atoms with E-state index in [4.69, 9.17) is 4.74 Å². The number of nitrogens with one attached hydrogen (secondary N) is 1. The molecule has 0 atom stereocenters. The van der Waals surface area contributed by atoms with Crippen molar-refractivity contribution in [1.82, 2.24) is 0 Å². The maximum atomic E-state index is 12.1. The van der Waals surface area contributed by atoms with E-state index in [1.807, 2.05) is 0 Å². The number of hydrogen-bond donors (Lipinski definition) is 1. The Morgan fingerprint density at radius 3 is 1.65 bits per heavy atom. The summed E-state index contributed by atoms with van der Waals surface area (Å²) in [7, 11) is -4.64. The smallest absolute Gasteiger partial charge is 0.320 e. The Hall–Kier alpha value is -1.19. The van der Waals surface area contributed by atoms with Crippen LogP contribution in [0.2, 0.25) is 0 Å². The molecule has 0 aromatic carbocycles. The lowest BCUT2D eigenvalue weighted by molar-refractivity contribution is -0.894. The number of carbonyl (C=O) groups excluding carboxylic acids is 2. The molecule has 4 fully saturated rings. The van der Waals surface area contributed by atoms with Crippen LogP contribution in [0.5, 0.6) is 0 Å². The highest BCUT2D eigenvalue weighted by atomic mass is 32.2. The molecule has 0 unspecified atom stereocenters. The Balaban J connectivity index is 0.000000423. The van der Waals surface area contributed by atoms with E-state index in [0.717, 1.165) is 37.0 Å². The van der Waals surface area contributed by atoms with Crippen molar-refractivity contribution in [1.29, 1.82) is 0 Å². The molecular formula is C22H39NO7S. The highest BCUT2D eigenvalue weighted by Crippen LogP contribution is 2.61. The van der Waals surface area contributed by atoms with Crippen LogP contribution in [0, 0.1) is 23.2 Å². The van der Waals surface area contributed by atoms with Crippen LogP contribution < -0.4 is 4.90 Å². The lowest BCUT2D eigenvalue weighted by Gasteiger charge is -2.56. The van der Waals surface area contributed by atoms with Gasteiger partial charge in [-0.15, -0.1) is 0 Å². The lowest BCUT2D eigenvalue weighted by atomic mass is 9.49. The third-order valence-corrected chi connectivity index (χ3v) is 7.68. The summed E-state index contributed by atoms with van der Waals surface area (Å²) in [4.78, 5) is 24.8. The molecule has 4 aliphatic rings. The highest BCUT2D eigenvalue weighted by Gasteiger charge is 2.51. The van der Waals surface area contributed by atoms with Gasteiger partial charge < -0.3 is 18.9 Å². The van der Waals surface area contributed by atoms with Crippen molar-refractivity contribution in [3.63, 3.8) is 0 Å². The molecule has 0 saturated heterocycles. The molecule has 4 bridgehead atoms. The third kappa shape index (κ3) is 8.69. The fourth-order valence-electron chi connectivity index (χ4n) is 6.11. The number of esters is 2. The zero-order valence-electron chi connectivity index (χ0n) is 19.2. The van der Waals surface area contributed by atoms with E-state index in [0.29, 0.717) is 6.42 Å². The minimum atomic E-state index is -4.64. The van der Waals surface area contributed by atoms with Crippen LogP contribution in [0.25, 0.3) is 0 Å². The molecule has 31 heavy (non-hydrogen) atoms. The first-order chi connectivity index (χ1) is 14.6. The van der Waals surface area contributed by atoms with Gasteiger partial charge in [-0.2, -0.15) is 0 Å². The number of rotatable bonds is 10. The zero-order chi connectivity index (χ0) is 23.1. The molecule has 180 valence electrons. The molecule has 0 amide bonds. The van der Waals surface area contributed by atoms with Crippen LogP contribution >= 0.6 is 0 Å². The van der Waals surface area contributed by atoms with Crippen molar-refractivity contribution in [3.8, 4) is 0 Å². The molecule has 4 rings (SSSR count). The van der Waals surface area contributed by atoms with Crippen LogP contribution in [0.15, 0.2) is 0 Å². The van der Waals surface area contributed by atoms with Gasteiger partial charge in [0, 0.05) is 0 Å². The van der Waals surface area contributed by atoms with Crippen LogP contribution in [0.1, 0.15) is 65.7 Å². The monoisotopic (exact) mass is 461 g/mol. The van der Waals surface area contributed by atoms with Gasteiger partial charge in [-0.25, -0.2) is 8.42 Å². The summed E-state index contributed by atoms with van der Waals surface area (Å²) >= 11 is 0. The Morgan fingerprint density at radius 2 is 1.29 bits per heavy atom. The SMILES string of the molecule is CC[NH+](CC)CC.O=C(CC12CC3CC(CC(C3)C1)C2)OCCOC(=O)CS(=O)(=O)[O-]. The van der Waals surface area contributed by atoms with Crippen molar-refractivity contribution >= 4 is 22.1 Å². The molecule has 0 spiro atoms. The van der Waals surface area contributed by atoms with Crippen molar-refractivity contribution in [2.24, 2.45) is 23.2 Å². The molecule has 8 nitrogen and oxygen atoms in total. The van der Waals surface area contributed by atoms with E-state index in [2.05, 4.69) is 25.5 Å². The normalized spacial score (nSPS) is 28.7. The van der Waals surface area contributed by atoms with E-state index >= 15 is 0 Å². The lowest BCUT2D eigenvalue weighted by Crippen LogP contribution is -3.11. The minimum absolute atomic E-state index is 0.0964. The molecule has 1 N–H and O–H groups in total. The molecule has 4 saturated carbocycles. The average molecular weight is 462 g/mol. The van der Waals surface area contributed by atoms with Crippen LogP contribution in [0.3, 0.4) is 0 Å². The summed E-state index contributed by atoms with van der Waals surface area (Å²) in [6.07, 6.45) is 7.70. The Morgan fingerprint density at radius 1 is 0.871 bits per heavy atom. The second kappa shape index (κ2) is 11.6. The first kappa shape index (κ1) is 26.1. The highest BCUT2D eigenvalue weighted by molar-refractivity contribution is 7.86. The molecule has 0 aromatic rings. The maximum absolute atomic E-state index is 12.1. The molecule has 0 aliphatic heterocycles. The van der Waals surface area contributed by atoms with E-state index in [9.17, 15) is 22.6 Å². The summed E-state index contributed by atoms with van der Waals surface area (Å²) in [5.74, 6) is -0.322. The van der Waals surface area contributed by atoms with E-state index in [-0.39, 0.29) is 24.6 Å². The van der Waals surface area contributed by atoms with Crippen molar-refractivity contribution < 1.29 is 36.9 Å². The quantitative estimate of drug-likeness (QED) is 0.295. The summed E-state index contributed by atoms with van der Waals surface area (Å²) in [5.41, 5.74) is 0.0964. The molecular weight excluding hydrogens is 422 g/mol. The molecule has 9 heteroatoms. The Kier molecular flexibility index (Phi) is 9.76. The topological polar surface area (TPSA) is 114 Å². The van der Waals surface area contributed by atoms with Gasteiger partial charge in [-0.3, -0.25) is 9.59 Å². The van der Waals surface area contributed by atoms with Gasteiger partial charge in [0.25, 0.3) is 0 Å². The standard InChI is InChI=1S/C16H24O7S.C6H15N/c17-14(22-1-2-23-15(18)10-24(19,20)21)9-16-6-11-3-12(7-16)5-13(4-11)8-16;1-4-7(5-2)6-3/h11-13H,1-10H2,(H,19,20,21);4-6H2,1-3H3. The summed E-state index contributed by atoms with van der Waals surface area (Å²) in [5, 5.41) is 0. The van der Waals surface area contributed by atoms with Gasteiger partial charge in [0.1, 0.15) is 29.1 Å². The minimum Gasteiger partial charge on any atom is -0.748 e. The van der Waals surface area contributed by atoms with Gasteiger partial charge in [0.05, 0.1) is 26.1 Å². The summed E-state index contributed by atoms with van der Waals surface area (Å²) < 4.78 is 40.9. The zero-order valence-corrected chi connectivity index (χ0v) is 20.0. The van der Waals surface area contributed by atoms with Gasteiger partial charge in [0.15, 0.2) is 0 Å². The van der Waals surface area contributed by atoms with Gasteiger partial charge >= 0.3 is 11.9 Å². The predicted octanol–water partition coefficient (Wildman–Crippen LogP) is 1.16. The Bertz CT molecular complexity index is 662. The Labute approximate surface area is 186 Å². The molecule has 4 aliphatic carbocycles. The van der Waals surface area contributed by atoms with Crippen molar-refractivity contribution in [2.75, 3.05) is 38.6 Å². The maximum Gasteiger partial charge on any atom is 0.320 e. The fraction of sp³-hybridized carbons (Fsp3) is 0.909. The summed E-state index contributed by atoms with van der Waals surface area (Å²) in [6.45, 7) is 10.1. The van der Waals surface area contributed by atoms with Crippen molar-refractivity contribution in [2.45, 2.75) is 65.7 Å². The average Bonchev–Trinajstić information content (AvgIpc) is 2.64. The van der Waals surface area contributed by atoms with Gasteiger partial charge in [-0.05, 0) is 82.5 Å². The van der Waals surface area contributed by atoms with E-state index in [1.165, 1.54) is 38.9 Å². The number of carbonyl (C=O) groups is 2. The van der Waals surface area contributed by atoms with Crippen molar-refractivity contribution in [3.05, 3.63) is 0 Å². The second-order valence-electron chi connectivity index (χ2n) is 9.55. The first-order valence-corrected chi connectivity index (χ1v) is 13.2. The number of quaternary nitrogens is 1. The number of ether oxygens (including phenoxy) is 2. The molecule has 0 heterocycles. The first-order valence-electron chi connectivity index (χ1n) is 11.7. The van der Waals surface area contributed by atoms with Crippen LogP contribution in [-0.2, 0) is 29.2 Å². The van der Waals surface area contributed by atoms with Gasteiger partial charge in [0.2, 0.25) is 0 Å².